The van der Waals surface area contributed by atoms with Gasteiger partial charge in [0.1, 0.15) is 5.57 Å². The van der Waals surface area contributed by atoms with Crippen molar-refractivity contribution in [2.75, 3.05) is 6.54 Å². The Hall–Kier alpha value is -2.14. The molecule has 1 aromatic carbocycles. The molecule has 2 aliphatic heterocycles. The number of rotatable bonds is 5. The smallest absolute Gasteiger partial charge is 0.346 e. The van der Waals surface area contributed by atoms with Crippen LogP contribution in [0.25, 0.3) is 0 Å². The number of ketones is 1. The van der Waals surface area contributed by atoms with Gasteiger partial charge >= 0.3 is 5.97 Å². The van der Waals surface area contributed by atoms with Crippen molar-refractivity contribution < 1.29 is 19.4 Å². The number of Topliss-reactive ketones (excluding diaryl/α,β-unsaturated/α-hetero) is 1. The van der Waals surface area contributed by atoms with E-state index in [9.17, 15) is 14.7 Å². The number of aliphatic hydroxyl groups excluding tert-OH is 1. The zero-order chi connectivity index (χ0) is 16.2. The van der Waals surface area contributed by atoms with Gasteiger partial charge in [0.15, 0.2) is 17.6 Å². The summed E-state index contributed by atoms with van der Waals surface area (Å²) in [7, 11) is 0. The van der Waals surface area contributed by atoms with E-state index in [1.807, 2.05) is 30.3 Å². The minimum absolute atomic E-state index is 0.164. The summed E-state index contributed by atoms with van der Waals surface area (Å²) >= 11 is 0. The van der Waals surface area contributed by atoms with E-state index in [2.05, 4.69) is 5.32 Å². The third kappa shape index (κ3) is 3.45. The Bertz CT molecular complexity index is 617. The fraction of sp³-hybridized carbons (Fsp3) is 0.444. The number of piperidine rings is 1. The summed E-state index contributed by atoms with van der Waals surface area (Å²) in [5.74, 6) is -1.24. The summed E-state index contributed by atoms with van der Waals surface area (Å²) in [6.45, 7) is 0.761. The van der Waals surface area contributed by atoms with Crippen LogP contribution in [0.15, 0.2) is 41.7 Å². The molecule has 0 aliphatic carbocycles. The first kappa shape index (κ1) is 15.7. The summed E-state index contributed by atoms with van der Waals surface area (Å²) in [6, 6.07) is 9.39. The van der Waals surface area contributed by atoms with Crippen molar-refractivity contribution in [2.45, 2.75) is 44.2 Å². The summed E-state index contributed by atoms with van der Waals surface area (Å²) in [6.07, 6.45) is 3.09. The van der Waals surface area contributed by atoms with Crippen LogP contribution >= 0.6 is 0 Å². The molecule has 2 unspecified atom stereocenters. The minimum Gasteiger partial charge on any atom is -0.507 e. The molecule has 1 fully saturated rings. The molecule has 0 amide bonds. The molecule has 23 heavy (non-hydrogen) atoms. The normalized spacial score (nSPS) is 24.6. The average Bonchev–Trinajstić information content (AvgIpc) is 2.88. The molecular formula is C18H21NO4. The number of aliphatic hydroxyl groups is 1. The Balaban J connectivity index is 1.68. The van der Waals surface area contributed by atoms with Crippen molar-refractivity contribution in [3.8, 4) is 0 Å². The van der Waals surface area contributed by atoms with Crippen molar-refractivity contribution in [1.29, 1.82) is 0 Å². The third-order valence-electron chi connectivity index (χ3n) is 4.43. The second kappa shape index (κ2) is 6.96. The Labute approximate surface area is 135 Å². The molecule has 0 saturated carbocycles. The van der Waals surface area contributed by atoms with Crippen LogP contribution in [0.4, 0.5) is 0 Å². The van der Waals surface area contributed by atoms with E-state index in [1.165, 1.54) is 0 Å². The molecular weight excluding hydrogens is 294 g/mol. The van der Waals surface area contributed by atoms with Gasteiger partial charge in [0.25, 0.3) is 0 Å². The van der Waals surface area contributed by atoms with Crippen LogP contribution in [-0.4, -0.2) is 35.5 Å². The Morgan fingerprint density at radius 1 is 1.26 bits per heavy atom. The molecule has 2 N–H and O–H groups in total. The molecule has 5 heteroatoms. The number of carbonyl (C=O) groups excluding carboxylic acids is 2. The lowest BCUT2D eigenvalue weighted by Crippen LogP contribution is -2.42. The monoisotopic (exact) mass is 315 g/mol. The largest absolute Gasteiger partial charge is 0.507 e. The average molecular weight is 315 g/mol. The lowest BCUT2D eigenvalue weighted by Gasteiger charge is -2.21. The van der Waals surface area contributed by atoms with E-state index in [0.29, 0.717) is 19.3 Å². The van der Waals surface area contributed by atoms with Crippen molar-refractivity contribution in [3.63, 3.8) is 0 Å². The van der Waals surface area contributed by atoms with Gasteiger partial charge in [-0.15, -0.1) is 0 Å². The van der Waals surface area contributed by atoms with E-state index < -0.39 is 12.1 Å². The van der Waals surface area contributed by atoms with Crippen LogP contribution in [0.2, 0.25) is 0 Å². The van der Waals surface area contributed by atoms with Gasteiger partial charge in [0.2, 0.25) is 0 Å². The molecule has 0 bridgehead atoms. The van der Waals surface area contributed by atoms with Gasteiger partial charge in [-0.05, 0) is 37.8 Å². The first-order chi connectivity index (χ1) is 11.2. The van der Waals surface area contributed by atoms with Gasteiger partial charge in [-0.1, -0.05) is 36.8 Å². The Morgan fingerprint density at radius 2 is 2.04 bits per heavy atom. The lowest BCUT2D eigenvalue weighted by atomic mass is 9.95. The maximum atomic E-state index is 12.5. The van der Waals surface area contributed by atoms with Gasteiger partial charge in [-0.25, -0.2) is 4.79 Å². The van der Waals surface area contributed by atoms with Gasteiger partial charge in [-0.3, -0.25) is 4.79 Å². The van der Waals surface area contributed by atoms with E-state index in [-0.39, 0.29) is 23.2 Å². The second-order valence-corrected chi connectivity index (χ2v) is 6.05. The van der Waals surface area contributed by atoms with E-state index in [0.717, 1.165) is 24.9 Å². The van der Waals surface area contributed by atoms with Crippen molar-refractivity contribution in [1.82, 2.24) is 5.32 Å². The highest BCUT2D eigenvalue weighted by Crippen LogP contribution is 2.27. The zero-order valence-electron chi connectivity index (χ0n) is 13.0. The first-order valence-electron chi connectivity index (χ1n) is 8.12. The number of esters is 1. The van der Waals surface area contributed by atoms with Gasteiger partial charge in [0, 0.05) is 0 Å². The molecule has 122 valence electrons. The number of aryl methyl sites for hydroxylation is 1. The van der Waals surface area contributed by atoms with Crippen LogP contribution < -0.4 is 5.32 Å². The highest BCUT2D eigenvalue weighted by atomic mass is 16.6. The Morgan fingerprint density at radius 3 is 2.74 bits per heavy atom. The standard InChI is InChI=1S/C18H21NO4/c20-16(13-8-4-5-11-19-13)15-17(21)14(23-18(15)22)10-9-12-6-2-1-3-7-12/h1-3,6-7,13-14,19,21H,4-5,8-11H2. The van der Waals surface area contributed by atoms with E-state index in [4.69, 9.17) is 4.74 Å². The summed E-state index contributed by atoms with van der Waals surface area (Å²) in [5, 5.41) is 13.4. The fourth-order valence-electron chi connectivity index (χ4n) is 3.12. The molecule has 3 rings (SSSR count). The van der Waals surface area contributed by atoms with Gasteiger partial charge in [-0.2, -0.15) is 0 Å². The Kier molecular flexibility index (Phi) is 4.76. The molecule has 0 aromatic heterocycles. The van der Waals surface area contributed by atoms with E-state index in [1.54, 1.807) is 0 Å². The highest BCUT2D eigenvalue weighted by Gasteiger charge is 2.40. The SMILES string of the molecule is O=C1OC(CCc2ccccc2)C(O)=C1C(=O)C1CCCCN1. The van der Waals surface area contributed by atoms with Crippen molar-refractivity contribution in [2.24, 2.45) is 0 Å². The number of cyclic esters (lactones) is 1. The maximum absolute atomic E-state index is 12.5. The zero-order valence-corrected chi connectivity index (χ0v) is 13.0. The highest BCUT2D eigenvalue weighted by molar-refractivity contribution is 6.20. The first-order valence-corrected chi connectivity index (χ1v) is 8.12. The van der Waals surface area contributed by atoms with Crippen LogP contribution in [0.5, 0.6) is 0 Å². The molecule has 1 saturated heterocycles. The van der Waals surface area contributed by atoms with Crippen LogP contribution in [0.1, 0.15) is 31.2 Å². The number of benzene rings is 1. The summed E-state index contributed by atoms with van der Waals surface area (Å²) in [4.78, 5) is 24.5. The minimum atomic E-state index is -0.717. The molecule has 2 atom stereocenters. The number of carbonyl (C=O) groups is 2. The van der Waals surface area contributed by atoms with Gasteiger partial charge in [0.05, 0.1) is 6.04 Å². The van der Waals surface area contributed by atoms with Crippen LogP contribution in [0.3, 0.4) is 0 Å². The molecule has 0 radical (unpaired) electrons. The second-order valence-electron chi connectivity index (χ2n) is 6.05. The molecule has 2 aliphatic rings. The van der Waals surface area contributed by atoms with Crippen LogP contribution in [0, 0.1) is 0 Å². The molecule has 2 heterocycles. The van der Waals surface area contributed by atoms with Crippen molar-refractivity contribution >= 4 is 11.8 Å². The number of hydrogen-bond acceptors (Lipinski definition) is 5. The summed E-state index contributed by atoms with van der Waals surface area (Å²) in [5.41, 5.74) is 0.938. The maximum Gasteiger partial charge on any atom is 0.346 e. The number of ether oxygens (including phenoxy) is 1. The van der Waals surface area contributed by atoms with Gasteiger partial charge < -0.3 is 15.2 Å². The fourth-order valence-corrected chi connectivity index (χ4v) is 3.12. The quantitative estimate of drug-likeness (QED) is 0.642. The lowest BCUT2D eigenvalue weighted by molar-refractivity contribution is -0.141. The van der Waals surface area contributed by atoms with Crippen molar-refractivity contribution in [3.05, 3.63) is 47.2 Å². The molecule has 5 nitrogen and oxygen atoms in total. The predicted octanol–water partition coefficient (Wildman–Crippen LogP) is 2.07. The predicted molar refractivity (Wildman–Crippen MR) is 84.9 cm³/mol. The third-order valence-corrected chi connectivity index (χ3v) is 4.43. The topological polar surface area (TPSA) is 75.6 Å². The number of hydrogen-bond donors (Lipinski definition) is 2. The number of nitrogens with one attached hydrogen (secondary N) is 1. The van der Waals surface area contributed by atoms with E-state index >= 15 is 0 Å². The summed E-state index contributed by atoms with van der Waals surface area (Å²) < 4.78 is 5.21. The molecule has 0 spiro atoms. The molecule has 1 aromatic rings. The van der Waals surface area contributed by atoms with Crippen LogP contribution in [-0.2, 0) is 20.7 Å².